The van der Waals surface area contributed by atoms with E-state index in [1.807, 2.05) is 0 Å². The predicted octanol–water partition coefficient (Wildman–Crippen LogP) is 4.04. The Kier molecular flexibility index (Phi) is 8.11. The highest BCUT2D eigenvalue weighted by atomic mass is 28.4. The highest BCUT2D eigenvalue weighted by molar-refractivity contribution is 6.74. The Bertz CT molecular complexity index is 1020. The van der Waals surface area contributed by atoms with Crippen molar-refractivity contribution >= 4 is 20.5 Å². The molecule has 0 aliphatic carbocycles. The Morgan fingerprint density at radius 3 is 2.76 bits per heavy atom. The van der Waals surface area contributed by atoms with Crippen LogP contribution in [-0.2, 0) is 15.8 Å². The third kappa shape index (κ3) is 5.83. The van der Waals surface area contributed by atoms with Crippen LogP contribution in [0, 0.1) is 0 Å². The van der Waals surface area contributed by atoms with E-state index in [1.54, 1.807) is 35.4 Å². The number of phenols is 1. The summed E-state index contributed by atoms with van der Waals surface area (Å²) in [7, 11) is -2.02. The zero-order chi connectivity index (χ0) is 24.9. The summed E-state index contributed by atoms with van der Waals surface area (Å²) in [5.41, 5.74) is 1.19. The van der Waals surface area contributed by atoms with Gasteiger partial charge in [-0.3, -0.25) is 14.6 Å². The molecule has 1 saturated heterocycles. The van der Waals surface area contributed by atoms with Crippen LogP contribution < -0.4 is 4.74 Å². The SMILES string of the molecule is CC(C)(C)[Si](C)(C)OCc1ncccc1C(=O)N1CCOCC1COc1cccc(O)c1C=O. The molecule has 0 spiro atoms. The Labute approximate surface area is 202 Å². The van der Waals surface area contributed by atoms with Crippen molar-refractivity contribution in [1.29, 1.82) is 0 Å². The lowest BCUT2D eigenvalue weighted by molar-refractivity contribution is -0.0152. The van der Waals surface area contributed by atoms with E-state index in [-0.39, 0.29) is 47.3 Å². The second kappa shape index (κ2) is 10.7. The van der Waals surface area contributed by atoms with Gasteiger partial charge < -0.3 is 23.9 Å². The van der Waals surface area contributed by atoms with Gasteiger partial charge in [-0.15, -0.1) is 0 Å². The standard InChI is InChI=1S/C25H34N2O6Si/c1-25(2,3)34(4,5)33-17-21-19(8-7-11-26-21)24(30)27-12-13-31-15-18(27)16-32-23-10-6-9-22(29)20(23)14-28/h6-11,14,18,29H,12-13,15-17H2,1-5H3. The van der Waals surface area contributed by atoms with Crippen molar-refractivity contribution in [1.82, 2.24) is 9.88 Å². The van der Waals surface area contributed by atoms with Gasteiger partial charge in [0.1, 0.15) is 18.1 Å². The third-order valence-electron chi connectivity index (χ3n) is 6.58. The van der Waals surface area contributed by atoms with Crippen molar-refractivity contribution in [3.63, 3.8) is 0 Å². The zero-order valence-corrected chi connectivity index (χ0v) is 21.5. The number of hydrogen-bond donors (Lipinski definition) is 1. The van der Waals surface area contributed by atoms with Gasteiger partial charge in [-0.05, 0) is 42.4 Å². The van der Waals surface area contributed by atoms with Gasteiger partial charge in [-0.1, -0.05) is 26.8 Å². The number of aromatic nitrogens is 1. The van der Waals surface area contributed by atoms with Crippen LogP contribution in [0.2, 0.25) is 18.1 Å². The fourth-order valence-electron chi connectivity index (χ4n) is 3.39. The van der Waals surface area contributed by atoms with Gasteiger partial charge in [0.15, 0.2) is 14.6 Å². The predicted molar refractivity (Wildman–Crippen MR) is 131 cm³/mol. The highest BCUT2D eigenvalue weighted by Crippen LogP contribution is 2.37. The van der Waals surface area contributed by atoms with Crippen molar-refractivity contribution in [2.24, 2.45) is 0 Å². The van der Waals surface area contributed by atoms with Gasteiger partial charge in [-0.25, -0.2) is 0 Å². The minimum Gasteiger partial charge on any atom is -0.507 e. The summed E-state index contributed by atoms with van der Waals surface area (Å²) in [4.78, 5) is 31.1. The molecule has 1 atom stereocenters. The fraction of sp³-hybridized carbons (Fsp3) is 0.480. The van der Waals surface area contributed by atoms with Crippen LogP contribution in [0.3, 0.4) is 0 Å². The van der Waals surface area contributed by atoms with Crippen LogP contribution in [-0.4, -0.2) is 67.9 Å². The molecular formula is C25H34N2O6Si. The Hall–Kier alpha value is -2.75. The van der Waals surface area contributed by atoms with Gasteiger partial charge in [0.25, 0.3) is 5.91 Å². The average molecular weight is 487 g/mol. The van der Waals surface area contributed by atoms with Gasteiger partial charge in [0, 0.05) is 12.7 Å². The molecule has 8 nitrogen and oxygen atoms in total. The van der Waals surface area contributed by atoms with Crippen LogP contribution in [0.4, 0.5) is 0 Å². The van der Waals surface area contributed by atoms with Gasteiger partial charge in [-0.2, -0.15) is 0 Å². The number of nitrogens with zero attached hydrogens (tertiary/aromatic N) is 2. The third-order valence-corrected chi connectivity index (χ3v) is 11.1. The fourth-order valence-corrected chi connectivity index (χ4v) is 4.32. The molecule has 184 valence electrons. The maximum Gasteiger partial charge on any atom is 0.256 e. The molecule has 34 heavy (non-hydrogen) atoms. The maximum atomic E-state index is 13.6. The van der Waals surface area contributed by atoms with Crippen molar-refractivity contribution in [3.8, 4) is 11.5 Å². The Balaban J connectivity index is 1.76. The number of morpholine rings is 1. The van der Waals surface area contributed by atoms with Crippen LogP contribution >= 0.6 is 0 Å². The van der Waals surface area contributed by atoms with E-state index < -0.39 is 8.32 Å². The second-order valence-electron chi connectivity index (χ2n) is 9.89. The summed E-state index contributed by atoms with van der Waals surface area (Å²) < 4.78 is 17.8. The van der Waals surface area contributed by atoms with E-state index in [9.17, 15) is 14.7 Å². The van der Waals surface area contributed by atoms with E-state index in [0.29, 0.717) is 37.3 Å². The molecule has 1 N–H and O–H groups in total. The normalized spacial score (nSPS) is 16.9. The summed E-state index contributed by atoms with van der Waals surface area (Å²) >= 11 is 0. The van der Waals surface area contributed by atoms with Crippen LogP contribution in [0.5, 0.6) is 11.5 Å². The molecule has 1 aromatic carbocycles. The number of aldehydes is 1. The quantitative estimate of drug-likeness (QED) is 0.444. The minimum atomic E-state index is -2.02. The summed E-state index contributed by atoms with van der Waals surface area (Å²) in [6, 6.07) is 7.79. The van der Waals surface area contributed by atoms with Crippen LogP contribution in [0.25, 0.3) is 0 Å². The number of carbonyl (C=O) groups excluding carboxylic acids is 2. The first-order chi connectivity index (χ1) is 16.0. The molecule has 1 amide bonds. The van der Waals surface area contributed by atoms with Crippen molar-refractivity contribution in [3.05, 3.63) is 53.3 Å². The lowest BCUT2D eigenvalue weighted by Crippen LogP contribution is -2.51. The molecular weight excluding hydrogens is 452 g/mol. The molecule has 3 rings (SSSR count). The molecule has 0 bridgehead atoms. The number of rotatable bonds is 8. The van der Waals surface area contributed by atoms with Gasteiger partial charge in [0.2, 0.25) is 0 Å². The monoisotopic (exact) mass is 486 g/mol. The van der Waals surface area contributed by atoms with Crippen LogP contribution in [0.1, 0.15) is 47.2 Å². The molecule has 1 unspecified atom stereocenters. The summed E-state index contributed by atoms with van der Waals surface area (Å²) in [5.74, 6) is -0.0507. The number of benzene rings is 1. The second-order valence-corrected chi connectivity index (χ2v) is 14.7. The Morgan fingerprint density at radius 1 is 1.29 bits per heavy atom. The number of pyridine rings is 1. The number of ether oxygens (including phenoxy) is 2. The summed E-state index contributed by atoms with van der Waals surface area (Å²) in [6.45, 7) is 12.4. The van der Waals surface area contributed by atoms with E-state index in [4.69, 9.17) is 13.9 Å². The lowest BCUT2D eigenvalue weighted by Gasteiger charge is -2.37. The number of amides is 1. The molecule has 1 aliphatic heterocycles. The van der Waals surface area contributed by atoms with Crippen LogP contribution in [0.15, 0.2) is 36.5 Å². The summed E-state index contributed by atoms with van der Waals surface area (Å²) in [6.07, 6.45) is 2.22. The molecule has 1 fully saturated rings. The first kappa shape index (κ1) is 25.9. The largest absolute Gasteiger partial charge is 0.507 e. The molecule has 2 aromatic rings. The lowest BCUT2D eigenvalue weighted by atomic mass is 10.1. The van der Waals surface area contributed by atoms with Gasteiger partial charge >= 0.3 is 0 Å². The van der Waals surface area contributed by atoms with E-state index in [1.165, 1.54) is 6.07 Å². The molecule has 9 heteroatoms. The van der Waals surface area contributed by atoms with Gasteiger partial charge in [0.05, 0.1) is 42.7 Å². The smallest absolute Gasteiger partial charge is 0.256 e. The number of phenolic OH excluding ortho intramolecular Hbond substituents is 1. The molecule has 1 aromatic heterocycles. The van der Waals surface area contributed by atoms with E-state index in [2.05, 4.69) is 38.8 Å². The highest BCUT2D eigenvalue weighted by Gasteiger charge is 2.38. The molecule has 2 heterocycles. The minimum absolute atomic E-state index is 0.0465. The molecule has 0 radical (unpaired) electrons. The summed E-state index contributed by atoms with van der Waals surface area (Å²) in [5, 5.41) is 9.94. The number of aromatic hydroxyl groups is 1. The van der Waals surface area contributed by atoms with E-state index >= 15 is 0 Å². The van der Waals surface area contributed by atoms with E-state index in [0.717, 1.165) is 0 Å². The average Bonchev–Trinajstić information content (AvgIpc) is 2.80. The topological polar surface area (TPSA) is 98.2 Å². The van der Waals surface area contributed by atoms with Crippen molar-refractivity contribution < 1.29 is 28.6 Å². The number of hydrogen-bond acceptors (Lipinski definition) is 7. The maximum absolute atomic E-state index is 13.6. The Morgan fingerprint density at radius 2 is 2.06 bits per heavy atom. The van der Waals surface area contributed by atoms with Crippen molar-refractivity contribution in [2.75, 3.05) is 26.4 Å². The van der Waals surface area contributed by atoms with Crippen molar-refractivity contribution in [2.45, 2.75) is 51.6 Å². The first-order valence-electron chi connectivity index (χ1n) is 11.4. The zero-order valence-electron chi connectivity index (χ0n) is 20.5. The number of carbonyl (C=O) groups is 2. The molecule has 1 aliphatic rings. The molecule has 0 saturated carbocycles. The first-order valence-corrected chi connectivity index (χ1v) is 14.3.